The van der Waals surface area contributed by atoms with Crippen LogP contribution in [0.15, 0.2) is 65.3 Å². The Morgan fingerprint density at radius 1 is 1.05 bits per heavy atom. The Kier molecular flexibility index (Phi) is 3.78. The molecule has 0 fully saturated rings. The summed E-state index contributed by atoms with van der Waals surface area (Å²) in [6, 6.07) is 18.2. The van der Waals surface area contributed by atoms with Crippen molar-refractivity contribution >= 4 is 12.3 Å². The van der Waals surface area contributed by atoms with Crippen molar-refractivity contribution in [1.29, 1.82) is 0 Å². The number of rotatable bonds is 4. The molecule has 0 aliphatic carbocycles. The van der Waals surface area contributed by atoms with Gasteiger partial charge in [-0.2, -0.15) is 5.10 Å². The van der Waals surface area contributed by atoms with Crippen LogP contribution in [0.4, 0.5) is 0 Å². The van der Waals surface area contributed by atoms with E-state index in [1.54, 1.807) is 0 Å². The van der Waals surface area contributed by atoms with E-state index in [-0.39, 0.29) is 0 Å². The van der Waals surface area contributed by atoms with Crippen LogP contribution in [-0.4, -0.2) is 12.8 Å². The fourth-order valence-electron chi connectivity index (χ4n) is 2.07. The third-order valence-corrected chi connectivity index (χ3v) is 3.10. The van der Waals surface area contributed by atoms with Gasteiger partial charge in [-0.05, 0) is 17.7 Å². The minimum Gasteiger partial charge on any atom is -0.488 e. The Morgan fingerprint density at radius 2 is 1.85 bits per heavy atom. The number of nitrogens with zero attached hydrogens (tertiary/aromatic N) is 1. The number of ether oxygens (including phenoxy) is 1. The number of hydrazone groups is 1. The lowest BCUT2D eigenvalue weighted by molar-refractivity contribution is 0.353. The SMILES string of the molecule is C(=NNCc1ccccc1)C1=Cc2ccccc2OC1. The minimum absolute atomic E-state index is 0.563. The van der Waals surface area contributed by atoms with E-state index in [1.165, 1.54) is 5.56 Å². The predicted octanol–water partition coefficient (Wildman–Crippen LogP) is 3.24. The number of nitrogens with one attached hydrogen (secondary N) is 1. The van der Waals surface area contributed by atoms with Crippen LogP contribution in [0.1, 0.15) is 11.1 Å². The molecule has 1 aliphatic heterocycles. The van der Waals surface area contributed by atoms with Gasteiger partial charge in [0.25, 0.3) is 0 Å². The van der Waals surface area contributed by atoms with Gasteiger partial charge in [-0.1, -0.05) is 48.5 Å². The fourth-order valence-corrected chi connectivity index (χ4v) is 2.07. The zero-order valence-corrected chi connectivity index (χ0v) is 11.1. The van der Waals surface area contributed by atoms with Crippen LogP contribution < -0.4 is 10.2 Å². The normalized spacial score (nSPS) is 13.5. The molecule has 0 radical (unpaired) electrons. The lowest BCUT2D eigenvalue weighted by Crippen LogP contribution is -2.10. The summed E-state index contributed by atoms with van der Waals surface area (Å²) in [6.07, 6.45) is 3.92. The summed E-state index contributed by atoms with van der Waals surface area (Å²) in [5.41, 5.74) is 6.42. The highest BCUT2D eigenvalue weighted by Gasteiger charge is 2.08. The molecule has 2 aromatic rings. The second kappa shape index (κ2) is 6.06. The van der Waals surface area contributed by atoms with Gasteiger partial charge >= 0.3 is 0 Å². The van der Waals surface area contributed by atoms with E-state index in [1.807, 2.05) is 48.7 Å². The molecular formula is C17H16N2O. The van der Waals surface area contributed by atoms with E-state index in [0.717, 1.165) is 23.4 Å². The Bertz CT molecular complexity index is 632. The molecule has 0 saturated carbocycles. The standard InChI is InChI=1S/C17H16N2O/c1-2-6-14(7-3-1)11-18-19-12-15-10-16-8-4-5-9-17(16)20-13-15/h1-10,12,18H,11,13H2. The molecule has 0 unspecified atom stereocenters. The summed E-state index contributed by atoms with van der Waals surface area (Å²) >= 11 is 0. The molecule has 0 saturated heterocycles. The lowest BCUT2D eigenvalue weighted by Gasteiger charge is -2.15. The van der Waals surface area contributed by atoms with Gasteiger partial charge < -0.3 is 10.2 Å². The van der Waals surface area contributed by atoms with Gasteiger partial charge in [-0.15, -0.1) is 0 Å². The highest BCUT2D eigenvalue weighted by Crippen LogP contribution is 2.24. The molecule has 3 rings (SSSR count). The average Bonchev–Trinajstić information content (AvgIpc) is 2.52. The van der Waals surface area contributed by atoms with E-state index >= 15 is 0 Å². The van der Waals surface area contributed by atoms with E-state index in [4.69, 9.17) is 4.74 Å². The first-order chi connectivity index (χ1) is 9.92. The Labute approximate surface area is 118 Å². The second-order valence-corrected chi connectivity index (χ2v) is 4.62. The van der Waals surface area contributed by atoms with Crippen LogP contribution in [0.3, 0.4) is 0 Å². The first kappa shape index (κ1) is 12.5. The molecule has 1 heterocycles. The van der Waals surface area contributed by atoms with E-state index in [0.29, 0.717) is 6.61 Å². The van der Waals surface area contributed by atoms with Gasteiger partial charge in [0.2, 0.25) is 0 Å². The first-order valence-electron chi connectivity index (χ1n) is 6.64. The third-order valence-electron chi connectivity index (χ3n) is 3.10. The molecule has 3 nitrogen and oxygen atoms in total. The number of para-hydroxylation sites is 1. The number of hydrogen-bond donors (Lipinski definition) is 1. The molecule has 20 heavy (non-hydrogen) atoms. The minimum atomic E-state index is 0.563. The van der Waals surface area contributed by atoms with Crippen molar-refractivity contribution in [3.63, 3.8) is 0 Å². The van der Waals surface area contributed by atoms with Crippen molar-refractivity contribution in [1.82, 2.24) is 5.43 Å². The quantitative estimate of drug-likeness (QED) is 0.679. The molecule has 0 spiro atoms. The van der Waals surface area contributed by atoms with Crippen molar-refractivity contribution in [2.24, 2.45) is 5.10 Å². The van der Waals surface area contributed by atoms with Crippen LogP contribution in [-0.2, 0) is 6.54 Å². The van der Waals surface area contributed by atoms with Gasteiger partial charge in [-0.25, -0.2) is 0 Å². The maximum Gasteiger partial charge on any atom is 0.127 e. The van der Waals surface area contributed by atoms with Gasteiger partial charge in [0.15, 0.2) is 0 Å². The van der Waals surface area contributed by atoms with Gasteiger partial charge in [0, 0.05) is 11.1 Å². The summed E-state index contributed by atoms with van der Waals surface area (Å²) in [4.78, 5) is 0. The molecule has 3 heteroatoms. The largest absolute Gasteiger partial charge is 0.488 e. The molecular weight excluding hydrogens is 248 g/mol. The zero-order valence-electron chi connectivity index (χ0n) is 11.1. The van der Waals surface area contributed by atoms with E-state index in [9.17, 15) is 0 Å². The molecule has 2 aromatic carbocycles. The average molecular weight is 264 g/mol. The van der Waals surface area contributed by atoms with Crippen LogP contribution >= 0.6 is 0 Å². The van der Waals surface area contributed by atoms with Crippen molar-refractivity contribution in [2.75, 3.05) is 6.61 Å². The predicted molar refractivity (Wildman–Crippen MR) is 81.7 cm³/mol. The van der Waals surface area contributed by atoms with Crippen molar-refractivity contribution in [3.8, 4) is 5.75 Å². The summed E-state index contributed by atoms with van der Waals surface area (Å²) in [5, 5.41) is 4.24. The highest BCUT2D eigenvalue weighted by atomic mass is 16.5. The number of hydrogen-bond acceptors (Lipinski definition) is 3. The lowest BCUT2D eigenvalue weighted by atomic mass is 10.1. The second-order valence-electron chi connectivity index (χ2n) is 4.62. The monoisotopic (exact) mass is 264 g/mol. The molecule has 0 amide bonds. The number of fused-ring (bicyclic) bond motifs is 1. The van der Waals surface area contributed by atoms with Gasteiger partial charge in [0.1, 0.15) is 12.4 Å². The molecule has 0 atom stereocenters. The topological polar surface area (TPSA) is 33.6 Å². The molecule has 100 valence electrons. The van der Waals surface area contributed by atoms with Crippen LogP contribution in [0, 0.1) is 0 Å². The van der Waals surface area contributed by atoms with Crippen LogP contribution in [0.2, 0.25) is 0 Å². The molecule has 0 aromatic heterocycles. The summed E-state index contributed by atoms with van der Waals surface area (Å²) in [7, 11) is 0. The maximum absolute atomic E-state index is 5.66. The molecule has 0 bridgehead atoms. The van der Waals surface area contributed by atoms with E-state index < -0.39 is 0 Å². The summed E-state index contributed by atoms with van der Waals surface area (Å²) < 4.78 is 5.66. The Hall–Kier alpha value is -2.55. The maximum atomic E-state index is 5.66. The number of benzene rings is 2. The van der Waals surface area contributed by atoms with Crippen LogP contribution in [0.25, 0.3) is 6.08 Å². The van der Waals surface area contributed by atoms with Crippen LogP contribution in [0.5, 0.6) is 5.75 Å². The smallest absolute Gasteiger partial charge is 0.127 e. The first-order valence-corrected chi connectivity index (χ1v) is 6.64. The van der Waals surface area contributed by atoms with Gasteiger partial charge in [-0.3, -0.25) is 0 Å². The third kappa shape index (κ3) is 3.06. The Morgan fingerprint density at radius 3 is 2.75 bits per heavy atom. The van der Waals surface area contributed by atoms with E-state index in [2.05, 4.69) is 28.7 Å². The van der Waals surface area contributed by atoms with Crippen molar-refractivity contribution in [2.45, 2.75) is 6.54 Å². The zero-order chi connectivity index (χ0) is 13.6. The summed E-state index contributed by atoms with van der Waals surface area (Å²) in [5.74, 6) is 0.932. The van der Waals surface area contributed by atoms with Crippen molar-refractivity contribution in [3.05, 3.63) is 71.3 Å². The molecule has 1 aliphatic rings. The molecule has 1 N–H and O–H groups in total. The van der Waals surface area contributed by atoms with Crippen molar-refractivity contribution < 1.29 is 4.74 Å². The fraction of sp³-hybridized carbons (Fsp3) is 0.118. The van der Waals surface area contributed by atoms with Gasteiger partial charge in [0.05, 0.1) is 12.8 Å². The summed E-state index contributed by atoms with van der Waals surface area (Å²) in [6.45, 7) is 1.29. The Balaban J connectivity index is 1.59. The highest BCUT2D eigenvalue weighted by molar-refractivity contribution is 5.87.